The molecule has 0 saturated carbocycles. The van der Waals surface area contributed by atoms with Crippen LogP contribution in [0.2, 0.25) is 5.15 Å². The number of rotatable bonds is 8. The lowest BCUT2D eigenvalue weighted by atomic mass is 10.0. The molecule has 4 nitrogen and oxygen atoms in total. The van der Waals surface area contributed by atoms with E-state index in [2.05, 4.69) is 41.2 Å². The molecule has 1 heterocycles. The van der Waals surface area contributed by atoms with Crippen molar-refractivity contribution in [3.05, 3.63) is 64.9 Å². The van der Waals surface area contributed by atoms with Crippen molar-refractivity contribution in [2.24, 2.45) is 0 Å². The number of hydrogen-bond donors (Lipinski definition) is 1. The average Bonchev–Trinajstić information content (AvgIpc) is 2.61. The summed E-state index contributed by atoms with van der Waals surface area (Å²) in [5, 5.41) is 3.41. The summed E-state index contributed by atoms with van der Waals surface area (Å²) in [7, 11) is 0. The zero-order chi connectivity index (χ0) is 17.4. The first kappa shape index (κ1) is 18.4. The van der Waals surface area contributed by atoms with E-state index >= 15 is 0 Å². The summed E-state index contributed by atoms with van der Waals surface area (Å²) >= 11 is 5.76. The summed E-state index contributed by atoms with van der Waals surface area (Å²) in [5.74, 6) is -0.121. The maximum atomic E-state index is 12.3. The molecule has 1 aromatic heterocycles. The first-order valence-corrected chi connectivity index (χ1v) is 8.69. The Balaban J connectivity index is 2.02. The molecule has 0 radical (unpaired) electrons. The van der Waals surface area contributed by atoms with Crippen molar-refractivity contribution < 1.29 is 4.79 Å². The highest BCUT2D eigenvalue weighted by Gasteiger charge is 2.18. The van der Waals surface area contributed by atoms with Crippen molar-refractivity contribution in [3.63, 3.8) is 0 Å². The fourth-order valence-electron chi connectivity index (χ4n) is 2.78. The number of amides is 1. The molecule has 1 aromatic carbocycles. The molecule has 0 aliphatic carbocycles. The second kappa shape index (κ2) is 9.40. The van der Waals surface area contributed by atoms with Crippen LogP contribution in [0.1, 0.15) is 29.8 Å². The van der Waals surface area contributed by atoms with E-state index in [9.17, 15) is 4.79 Å². The van der Waals surface area contributed by atoms with Gasteiger partial charge in [0.2, 0.25) is 0 Å². The number of carbonyl (C=O) groups excluding carboxylic acids is 1. The Hall–Kier alpha value is -1.91. The molecule has 1 atom stereocenters. The molecule has 2 rings (SSSR count). The van der Waals surface area contributed by atoms with Gasteiger partial charge in [-0.3, -0.25) is 9.69 Å². The SMILES string of the molecule is CCN(CC)C(CNC(=O)c1ccc(Cl)nc1)Cc1ccccc1. The number of benzene rings is 1. The molecule has 24 heavy (non-hydrogen) atoms. The molecular formula is C19H24ClN3O. The molecule has 0 saturated heterocycles. The van der Waals surface area contributed by atoms with Crippen molar-refractivity contribution in [1.29, 1.82) is 0 Å². The second-order valence-electron chi connectivity index (χ2n) is 5.64. The zero-order valence-corrected chi connectivity index (χ0v) is 15.0. The molecule has 2 aromatic rings. The van der Waals surface area contributed by atoms with Gasteiger partial charge in [-0.05, 0) is 37.2 Å². The highest BCUT2D eigenvalue weighted by atomic mass is 35.5. The summed E-state index contributed by atoms with van der Waals surface area (Å²) in [5.41, 5.74) is 1.80. The predicted molar refractivity (Wildman–Crippen MR) is 98.4 cm³/mol. The topological polar surface area (TPSA) is 45.2 Å². The molecule has 1 N–H and O–H groups in total. The minimum absolute atomic E-state index is 0.121. The first-order valence-electron chi connectivity index (χ1n) is 8.31. The fraction of sp³-hybridized carbons (Fsp3) is 0.368. The number of pyridine rings is 1. The molecule has 0 spiro atoms. The Kier molecular flexibility index (Phi) is 7.22. The fourth-order valence-corrected chi connectivity index (χ4v) is 2.89. The van der Waals surface area contributed by atoms with Gasteiger partial charge in [-0.15, -0.1) is 0 Å². The molecular weight excluding hydrogens is 322 g/mol. The van der Waals surface area contributed by atoms with Crippen LogP contribution in [0.5, 0.6) is 0 Å². The van der Waals surface area contributed by atoms with Crippen molar-refractivity contribution in [2.75, 3.05) is 19.6 Å². The van der Waals surface area contributed by atoms with Gasteiger partial charge in [-0.1, -0.05) is 55.8 Å². The van der Waals surface area contributed by atoms with Gasteiger partial charge in [0, 0.05) is 18.8 Å². The largest absolute Gasteiger partial charge is 0.350 e. The van der Waals surface area contributed by atoms with Crippen LogP contribution in [0, 0.1) is 0 Å². The molecule has 0 aliphatic rings. The van der Waals surface area contributed by atoms with Gasteiger partial charge >= 0.3 is 0 Å². The second-order valence-corrected chi connectivity index (χ2v) is 6.03. The molecule has 128 valence electrons. The Morgan fingerprint density at radius 2 is 1.88 bits per heavy atom. The van der Waals surface area contributed by atoms with E-state index < -0.39 is 0 Å². The van der Waals surface area contributed by atoms with E-state index in [1.54, 1.807) is 12.1 Å². The maximum absolute atomic E-state index is 12.3. The van der Waals surface area contributed by atoms with Crippen molar-refractivity contribution in [2.45, 2.75) is 26.3 Å². The third-order valence-corrected chi connectivity index (χ3v) is 4.35. The molecule has 0 aliphatic heterocycles. The van der Waals surface area contributed by atoms with Crippen LogP contribution in [-0.2, 0) is 6.42 Å². The lowest BCUT2D eigenvalue weighted by Gasteiger charge is -2.30. The lowest BCUT2D eigenvalue weighted by Crippen LogP contribution is -2.45. The third-order valence-electron chi connectivity index (χ3n) is 4.13. The standard InChI is InChI=1S/C19H24ClN3O/c1-3-23(4-2)17(12-15-8-6-5-7-9-15)14-22-19(24)16-10-11-18(20)21-13-16/h5-11,13,17H,3-4,12,14H2,1-2H3,(H,22,24). The van der Waals surface area contributed by atoms with E-state index in [1.165, 1.54) is 11.8 Å². The van der Waals surface area contributed by atoms with E-state index in [1.807, 2.05) is 18.2 Å². The van der Waals surface area contributed by atoms with Gasteiger partial charge in [-0.2, -0.15) is 0 Å². The van der Waals surface area contributed by atoms with Crippen LogP contribution in [0.25, 0.3) is 0 Å². The highest BCUT2D eigenvalue weighted by Crippen LogP contribution is 2.10. The number of nitrogens with one attached hydrogen (secondary N) is 1. The van der Waals surface area contributed by atoms with E-state index in [0.717, 1.165) is 19.5 Å². The zero-order valence-electron chi connectivity index (χ0n) is 14.2. The summed E-state index contributed by atoms with van der Waals surface area (Å²) in [6, 6.07) is 13.9. The number of halogens is 1. The maximum Gasteiger partial charge on any atom is 0.252 e. The summed E-state index contributed by atoms with van der Waals surface area (Å²) in [6.07, 6.45) is 2.41. The van der Waals surface area contributed by atoms with Crippen LogP contribution in [0.4, 0.5) is 0 Å². The Morgan fingerprint density at radius 1 is 1.17 bits per heavy atom. The predicted octanol–water partition coefficient (Wildman–Crippen LogP) is 3.42. The third kappa shape index (κ3) is 5.32. The monoisotopic (exact) mass is 345 g/mol. The first-order chi connectivity index (χ1) is 11.6. The van der Waals surface area contributed by atoms with E-state index in [4.69, 9.17) is 11.6 Å². The number of hydrogen-bond acceptors (Lipinski definition) is 3. The van der Waals surface area contributed by atoms with Crippen molar-refractivity contribution in [3.8, 4) is 0 Å². The smallest absolute Gasteiger partial charge is 0.252 e. The Morgan fingerprint density at radius 3 is 2.46 bits per heavy atom. The van der Waals surface area contributed by atoms with Crippen LogP contribution >= 0.6 is 11.6 Å². The number of aromatic nitrogens is 1. The number of likely N-dealkylation sites (N-methyl/N-ethyl adjacent to an activating group) is 1. The van der Waals surface area contributed by atoms with Crippen LogP contribution < -0.4 is 5.32 Å². The van der Waals surface area contributed by atoms with Gasteiger partial charge in [0.1, 0.15) is 5.15 Å². The van der Waals surface area contributed by atoms with Crippen molar-refractivity contribution in [1.82, 2.24) is 15.2 Å². The van der Waals surface area contributed by atoms with Crippen LogP contribution in [0.15, 0.2) is 48.7 Å². The number of carbonyl (C=O) groups is 1. The van der Waals surface area contributed by atoms with Crippen LogP contribution in [-0.4, -0.2) is 41.5 Å². The van der Waals surface area contributed by atoms with E-state index in [-0.39, 0.29) is 11.9 Å². The summed E-state index contributed by atoms with van der Waals surface area (Å²) < 4.78 is 0. The molecule has 1 amide bonds. The van der Waals surface area contributed by atoms with E-state index in [0.29, 0.717) is 17.3 Å². The van der Waals surface area contributed by atoms with Gasteiger partial charge in [-0.25, -0.2) is 4.98 Å². The Bertz CT molecular complexity index is 627. The van der Waals surface area contributed by atoms with Crippen LogP contribution in [0.3, 0.4) is 0 Å². The molecule has 5 heteroatoms. The molecule has 0 fully saturated rings. The number of nitrogens with zero attached hydrogens (tertiary/aromatic N) is 2. The molecule has 1 unspecified atom stereocenters. The quantitative estimate of drug-likeness (QED) is 0.746. The van der Waals surface area contributed by atoms with Gasteiger partial charge in [0.15, 0.2) is 0 Å². The minimum atomic E-state index is -0.121. The Labute approximate surface area is 148 Å². The lowest BCUT2D eigenvalue weighted by molar-refractivity contribution is 0.0934. The van der Waals surface area contributed by atoms with Gasteiger partial charge in [0.25, 0.3) is 5.91 Å². The minimum Gasteiger partial charge on any atom is -0.350 e. The highest BCUT2D eigenvalue weighted by molar-refractivity contribution is 6.29. The normalized spacial score (nSPS) is 12.2. The van der Waals surface area contributed by atoms with Crippen molar-refractivity contribution >= 4 is 17.5 Å². The molecule has 0 bridgehead atoms. The summed E-state index contributed by atoms with van der Waals surface area (Å²) in [6.45, 7) is 6.79. The average molecular weight is 346 g/mol. The van der Waals surface area contributed by atoms with Gasteiger partial charge < -0.3 is 5.32 Å². The van der Waals surface area contributed by atoms with Gasteiger partial charge in [0.05, 0.1) is 5.56 Å². The summed E-state index contributed by atoms with van der Waals surface area (Å²) in [4.78, 5) is 18.6.